The topological polar surface area (TPSA) is 90.0 Å². The summed E-state index contributed by atoms with van der Waals surface area (Å²) in [6.07, 6.45) is 3.56. The number of amides is 2. The van der Waals surface area contributed by atoms with E-state index in [-0.39, 0.29) is 16.7 Å². The summed E-state index contributed by atoms with van der Waals surface area (Å²) in [5.41, 5.74) is 2.01. The molecule has 0 radical (unpaired) electrons. The second kappa shape index (κ2) is 12.3. The number of thiophene rings is 1. The molecule has 2 aliphatic heterocycles. The van der Waals surface area contributed by atoms with Gasteiger partial charge in [0.05, 0.1) is 10.5 Å². The fourth-order valence-electron chi connectivity index (χ4n) is 5.27. The van der Waals surface area contributed by atoms with Crippen molar-refractivity contribution in [1.82, 2.24) is 14.1 Å². The van der Waals surface area contributed by atoms with Gasteiger partial charge < -0.3 is 10.2 Å². The second-order valence-corrected chi connectivity index (χ2v) is 13.3. The number of carbonyl (C=O) groups is 2. The van der Waals surface area contributed by atoms with E-state index in [1.165, 1.54) is 27.8 Å². The van der Waals surface area contributed by atoms with Gasteiger partial charge in [0.15, 0.2) is 0 Å². The molecular formula is C28H40N4O4S2. The lowest BCUT2D eigenvalue weighted by Gasteiger charge is -2.29. The van der Waals surface area contributed by atoms with Crippen LogP contribution in [0.15, 0.2) is 29.2 Å². The molecule has 0 unspecified atom stereocenters. The first-order valence-corrected chi connectivity index (χ1v) is 16.0. The van der Waals surface area contributed by atoms with Gasteiger partial charge in [0.2, 0.25) is 10.0 Å². The summed E-state index contributed by atoms with van der Waals surface area (Å²) in [5.74, 6) is 0.131. The van der Waals surface area contributed by atoms with E-state index in [1.807, 2.05) is 13.8 Å². The van der Waals surface area contributed by atoms with Gasteiger partial charge in [-0.15, -0.1) is 11.3 Å². The molecule has 4 rings (SSSR count). The number of fused-ring (bicyclic) bond motifs is 1. The van der Waals surface area contributed by atoms with Crippen LogP contribution in [0.2, 0.25) is 0 Å². The molecule has 0 spiro atoms. The van der Waals surface area contributed by atoms with Crippen LogP contribution in [0.4, 0.5) is 5.00 Å². The zero-order valence-corrected chi connectivity index (χ0v) is 24.6. The summed E-state index contributed by atoms with van der Waals surface area (Å²) in [6.45, 7) is 13.1. The fraction of sp³-hybridized carbons (Fsp3) is 0.571. The highest BCUT2D eigenvalue weighted by Gasteiger charge is 2.31. The van der Waals surface area contributed by atoms with E-state index in [1.54, 1.807) is 17.0 Å². The summed E-state index contributed by atoms with van der Waals surface area (Å²) in [6, 6.07) is 6.12. The van der Waals surface area contributed by atoms with E-state index in [0.29, 0.717) is 48.2 Å². The van der Waals surface area contributed by atoms with Gasteiger partial charge in [-0.05, 0) is 81.8 Å². The minimum absolute atomic E-state index is 0.0518. The third-order valence-corrected chi connectivity index (χ3v) is 10.7. The minimum Gasteiger partial charge on any atom is -0.339 e. The molecule has 0 atom stereocenters. The lowest BCUT2D eigenvalue weighted by Crippen LogP contribution is -2.37. The van der Waals surface area contributed by atoms with Crippen LogP contribution < -0.4 is 5.32 Å². The van der Waals surface area contributed by atoms with Crippen molar-refractivity contribution < 1.29 is 18.0 Å². The van der Waals surface area contributed by atoms with Crippen molar-refractivity contribution in [3.63, 3.8) is 0 Å². The van der Waals surface area contributed by atoms with E-state index in [9.17, 15) is 18.0 Å². The van der Waals surface area contributed by atoms with Gasteiger partial charge in [-0.1, -0.05) is 13.8 Å². The number of benzene rings is 1. The van der Waals surface area contributed by atoms with Crippen LogP contribution >= 0.6 is 11.3 Å². The van der Waals surface area contributed by atoms with E-state index < -0.39 is 10.0 Å². The van der Waals surface area contributed by atoms with Crippen LogP contribution in [0.3, 0.4) is 0 Å². The highest BCUT2D eigenvalue weighted by molar-refractivity contribution is 7.89. The van der Waals surface area contributed by atoms with E-state index in [0.717, 1.165) is 55.8 Å². The first-order valence-electron chi connectivity index (χ1n) is 13.8. The molecule has 2 aromatic rings. The third kappa shape index (κ3) is 5.98. The molecule has 0 bridgehead atoms. The Balaban J connectivity index is 1.57. The van der Waals surface area contributed by atoms with Crippen LogP contribution in [0, 0.1) is 5.92 Å². The van der Waals surface area contributed by atoms with Gasteiger partial charge in [0, 0.05) is 49.7 Å². The largest absolute Gasteiger partial charge is 0.339 e. The van der Waals surface area contributed by atoms with Gasteiger partial charge in [-0.2, -0.15) is 4.31 Å². The Morgan fingerprint density at radius 3 is 2.32 bits per heavy atom. The van der Waals surface area contributed by atoms with Crippen LogP contribution in [0.5, 0.6) is 0 Å². The van der Waals surface area contributed by atoms with Crippen LogP contribution in [0.25, 0.3) is 0 Å². The lowest BCUT2D eigenvalue weighted by atomic mass is 10.0. The molecule has 1 fully saturated rings. The molecule has 2 aliphatic rings. The van der Waals surface area contributed by atoms with E-state index in [2.05, 4.69) is 24.1 Å². The first-order chi connectivity index (χ1) is 18.2. The maximum Gasteiger partial charge on any atom is 0.257 e. The van der Waals surface area contributed by atoms with Crippen LogP contribution in [0.1, 0.15) is 78.1 Å². The average Bonchev–Trinajstić information content (AvgIpc) is 3.26. The maximum absolute atomic E-state index is 13.5. The molecule has 0 saturated carbocycles. The van der Waals surface area contributed by atoms with Gasteiger partial charge in [-0.3, -0.25) is 14.5 Å². The first kappa shape index (κ1) is 28.7. The van der Waals surface area contributed by atoms with Crippen molar-refractivity contribution in [2.45, 2.75) is 64.8 Å². The van der Waals surface area contributed by atoms with Gasteiger partial charge in [0.1, 0.15) is 5.00 Å². The van der Waals surface area contributed by atoms with Crippen molar-refractivity contribution in [3.8, 4) is 0 Å². The number of rotatable bonds is 9. The minimum atomic E-state index is -3.58. The summed E-state index contributed by atoms with van der Waals surface area (Å²) >= 11 is 1.48. The van der Waals surface area contributed by atoms with Crippen molar-refractivity contribution in [1.29, 1.82) is 0 Å². The Morgan fingerprint density at radius 2 is 1.71 bits per heavy atom. The smallest absolute Gasteiger partial charge is 0.257 e. The molecule has 38 heavy (non-hydrogen) atoms. The zero-order valence-electron chi connectivity index (χ0n) is 23.0. The Bertz CT molecular complexity index is 1240. The number of sulfonamides is 1. The molecule has 0 aliphatic carbocycles. The number of nitrogens with zero attached hydrogens (tertiary/aromatic N) is 3. The molecule has 10 heteroatoms. The highest BCUT2D eigenvalue weighted by atomic mass is 32.2. The van der Waals surface area contributed by atoms with Gasteiger partial charge in [-0.25, -0.2) is 8.42 Å². The molecule has 8 nitrogen and oxygen atoms in total. The number of carbonyl (C=O) groups excluding carboxylic acids is 2. The monoisotopic (exact) mass is 560 g/mol. The molecule has 208 valence electrons. The molecule has 3 heterocycles. The SMILES string of the molecule is CCCN1CCc2c(sc(NC(=O)c3ccc(S(=O)(=O)N4CCC(C)CC4)cc3)c2C(=O)N(CC)CC)C1. The van der Waals surface area contributed by atoms with Crippen LogP contribution in [-0.4, -0.2) is 73.6 Å². The normalized spacial score (nSPS) is 17.3. The number of anilines is 1. The van der Waals surface area contributed by atoms with Crippen molar-refractivity contribution in [2.24, 2.45) is 5.92 Å². The number of hydrogen-bond acceptors (Lipinski definition) is 6. The number of hydrogen-bond donors (Lipinski definition) is 1. The Labute approximate surface area is 231 Å². The molecule has 1 saturated heterocycles. The Kier molecular flexibility index (Phi) is 9.28. The molecule has 1 aromatic heterocycles. The summed E-state index contributed by atoms with van der Waals surface area (Å²) in [4.78, 5) is 32.3. The number of nitrogens with one attached hydrogen (secondary N) is 1. The van der Waals surface area contributed by atoms with Crippen molar-refractivity contribution in [2.75, 3.05) is 44.6 Å². The predicted octanol–water partition coefficient (Wildman–Crippen LogP) is 4.67. The summed E-state index contributed by atoms with van der Waals surface area (Å²) < 4.78 is 27.7. The Morgan fingerprint density at radius 1 is 1.05 bits per heavy atom. The molecule has 1 aromatic carbocycles. The standard InChI is InChI=1S/C28H40N4O4S2/c1-5-15-30-16-14-23-24(19-30)37-27(25(23)28(34)31(6-2)7-3)29-26(33)21-8-10-22(11-9-21)38(35,36)32-17-12-20(4)13-18-32/h8-11,20H,5-7,12-19H2,1-4H3,(H,29,33). The summed E-state index contributed by atoms with van der Waals surface area (Å²) in [7, 11) is -3.58. The predicted molar refractivity (Wildman–Crippen MR) is 152 cm³/mol. The van der Waals surface area contributed by atoms with Crippen molar-refractivity contribution >= 4 is 38.2 Å². The molecular weight excluding hydrogens is 520 g/mol. The third-order valence-electron chi connectivity index (χ3n) is 7.66. The molecule has 2 amide bonds. The maximum atomic E-state index is 13.5. The quantitative estimate of drug-likeness (QED) is 0.481. The lowest BCUT2D eigenvalue weighted by molar-refractivity contribution is 0.0772. The molecule has 1 N–H and O–H groups in total. The van der Waals surface area contributed by atoms with Gasteiger partial charge >= 0.3 is 0 Å². The Hall–Kier alpha value is -2.27. The van der Waals surface area contributed by atoms with E-state index in [4.69, 9.17) is 0 Å². The fourth-order valence-corrected chi connectivity index (χ4v) is 8.02. The van der Waals surface area contributed by atoms with Gasteiger partial charge in [0.25, 0.3) is 11.8 Å². The highest BCUT2D eigenvalue weighted by Crippen LogP contribution is 2.38. The second-order valence-electron chi connectivity index (χ2n) is 10.3. The summed E-state index contributed by atoms with van der Waals surface area (Å²) in [5, 5.41) is 3.57. The average molecular weight is 561 g/mol. The van der Waals surface area contributed by atoms with Crippen LogP contribution in [-0.2, 0) is 23.0 Å². The number of piperidine rings is 1. The van der Waals surface area contributed by atoms with Crippen molar-refractivity contribution in [3.05, 3.63) is 45.8 Å². The van der Waals surface area contributed by atoms with E-state index >= 15 is 0 Å². The zero-order chi connectivity index (χ0) is 27.4.